The van der Waals surface area contributed by atoms with Gasteiger partial charge in [-0.15, -0.1) is 11.3 Å². The topological polar surface area (TPSA) is 80.7 Å². The van der Waals surface area contributed by atoms with Crippen LogP contribution in [0.1, 0.15) is 36.3 Å². The fourth-order valence-corrected chi connectivity index (χ4v) is 6.43. The highest BCUT2D eigenvalue weighted by Crippen LogP contribution is 2.38. The lowest BCUT2D eigenvalue weighted by Gasteiger charge is -2.36. The number of thiophene rings is 1. The molecule has 0 saturated carbocycles. The van der Waals surface area contributed by atoms with Gasteiger partial charge in [0, 0.05) is 56.4 Å². The van der Waals surface area contributed by atoms with Gasteiger partial charge in [0.1, 0.15) is 0 Å². The summed E-state index contributed by atoms with van der Waals surface area (Å²) in [5.74, 6) is 1.91. The van der Waals surface area contributed by atoms with Crippen LogP contribution in [0, 0.1) is 0 Å². The zero-order valence-corrected chi connectivity index (χ0v) is 22.7. The number of ether oxygens (including phenoxy) is 4. The van der Waals surface area contributed by atoms with E-state index in [4.69, 9.17) is 24.1 Å². The Balaban J connectivity index is 1.12. The number of unbranched alkanes of at least 4 members (excludes halogenated alkanes) is 1. The average molecular weight is 551 g/mol. The molecule has 2 aromatic carbocycles. The minimum atomic E-state index is -0.497. The van der Waals surface area contributed by atoms with Crippen molar-refractivity contribution in [1.29, 1.82) is 0 Å². The first-order valence-electron chi connectivity index (χ1n) is 13.6. The molecule has 1 N–H and O–H groups in total. The van der Waals surface area contributed by atoms with Crippen molar-refractivity contribution in [3.05, 3.63) is 70.8 Å². The van der Waals surface area contributed by atoms with Gasteiger partial charge in [-0.25, -0.2) is 0 Å². The molecule has 0 bridgehead atoms. The summed E-state index contributed by atoms with van der Waals surface area (Å²) in [7, 11) is 0. The van der Waals surface area contributed by atoms with Gasteiger partial charge in [-0.05, 0) is 59.0 Å². The lowest BCUT2D eigenvalue weighted by Crippen LogP contribution is -2.49. The number of aliphatic hydroxyl groups is 1. The van der Waals surface area contributed by atoms with E-state index in [0.29, 0.717) is 38.3 Å². The minimum Gasteiger partial charge on any atom is -0.459 e. The SMILES string of the molecule is O=C(C1=C[C@H](c2csc3ccccc23)C[C@H](OCCCCO)O1)N1CCN(Cc2ccc3c(c2)OCO3)CC1. The monoisotopic (exact) mass is 550 g/mol. The third-order valence-corrected chi connectivity index (χ3v) is 8.52. The van der Waals surface area contributed by atoms with Crippen molar-refractivity contribution in [1.82, 2.24) is 9.80 Å². The van der Waals surface area contributed by atoms with Gasteiger partial charge < -0.3 is 29.0 Å². The van der Waals surface area contributed by atoms with Gasteiger partial charge in [0.05, 0.1) is 6.61 Å². The van der Waals surface area contributed by atoms with E-state index in [2.05, 4.69) is 40.6 Å². The van der Waals surface area contributed by atoms with Crippen molar-refractivity contribution < 1.29 is 28.8 Å². The minimum absolute atomic E-state index is 0.0315. The van der Waals surface area contributed by atoms with Crippen LogP contribution in [-0.2, 0) is 20.8 Å². The number of nitrogens with zero attached hydrogens (tertiary/aromatic N) is 2. The zero-order valence-electron chi connectivity index (χ0n) is 21.9. The molecule has 0 radical (unpaired) electrons. The smallest absolute Gasteiger partial charge is 0.288 e. The maximum absolute atomic E-state index is 13.6. The van der Waals surface area contributed by atoms with Crippen LogP contribution in [0.15, 0.2) is 59.7 Å². The van der Waals surface area contributed by atoms with Crippen molar-refractivity contribution in [2.75, 3.05) is 46.2 Å². The largest absolute Gasteiger partial charge is 0.459 e. The highest BCUT2D eigenvalue weighted by Gasteiger charge is 2.33. The molecule has 2 atom stereocenters. The molecule has 0 unspecified atom stereocenters. The van der Waals surface area contributed by atoms with Crippen LogP contribution in [0.25, 0.3) is 10.1 Å². The summed E-state index contributed by atoms with van der Waals surface area (Å²) in [5.41, 5.74) is 2.38. The van der Waals surface area contributed by atoms with E-state index in [0.717, 1.165) is 37.6 Å². The molecular formula is C30H34N2O6S. The summed E-state index contributed by atoms with van der Waals surface area (Å²) < 4.78 is 24.3. The molecule has 4 heterocycles. The van der Waals surface area contributed by atoms with Gasteiger partial charge in [-0.1, -0.05) is 24.3 Å². The number of benzene rings is 2. The van der Waals surface area contributed by atoms with Crippen molar-refractivity contribution >= 4 is 27.3 Å². The van der Waals surface area contributed by atoms with E-state index >= 15 is 0 Å². The summed E-state index contributed by atoms with van der Waals surface area (Å²) in [5, 5.41) is 12.5. The Labute approximate surface area is 232 Å². The second-order valence-electron chi connectivity index (χ2n) is 10.2. The number of piperazine rings is 1. The van der Waals surface area contributed by atoms with E-state index in [1.54, 1.807) is 11.3 Å². The Morgan fingerprint density at radius 3 is 2.77 bits per heavy atom. The second-order valence-corrected chi connectivity index (χ2v) is 11.1. The first-order chi connectivity index (χ1) is 19.2. The van der Waals surface area contributed by atoms with Crippen LogP contribution in [0.3, 0.4) is 0 Å². The van der Waals surface area contributed by atoms with Gasteiger partial charge >= 0.3 is 0 Å². The predicted octanol–water partition coefficient (Wildman–Crippen LogP) is 4.48. The number of amides is 1. The molecule has 0 spiro atoms. The molecule has 39 heavy (non-hydrogen) atoms. The van der Waals surface area contributed by atoms with E-state index in [-0.39, 0.29) is 25.2 Å². The van der Waals surface area contributed by atoms with Gasteiger partial charge in [-0.2, -0.15) is 0 Å². The number of rotatable bonds is 9. The standard InChI is InChI=1S/C30H34N2O6S/c33-13-3-4-14-35-29-17-22(24-19-39-28-6-2-1-5-23(24)28)16-27(38-29)30(34)32-11-9-31(10-12-32)18-21-7-8-25-26(15-21)37-20-36-25/h1-2,5-8,15-16,19,22,29,33H,3-4,9-14,17-18,20H2/t22-,29+/m0/s1. The van der Waals surface area contributed by atoms with Crippen molar-refractivity contribution in [3.63, 3.8) is 0 Å². The van der Waals surface area contributed by atoms with Crippen molar-refractivity contribution in [2.45, 2.75) is 38.0 Å². The fraction of sp³-hybridized carbons (Fsp3) is 0.433. The Hall–Kier alpha value is -3.11. The number of hydrogen-bond donors (Lipinski definition) is 1. The molecule has 8 nitrogen and oxygen atoms in total. The van der Waals surface area contributed by atoms with E-state index in [1.165, 1.54) is 21.2 Å². The highest BCUT2D eigenvalue weighted by atomic mass is 32.1. The quantitative estimate of drug-likeness (QED) is 0.394. The Morgan fingerprint density at radius 2 is 1.90 bits per heavy atom. The summed E-state index contributed by atoms with van der Waals surface area (Å²) in [4.78, 5) is 17.9. The van der Waals surface area contributed by atoms with Gasteiger partial charge in [-0.3, -0.25) is 9.69 Å². The molecule has 3 aromatic rings. The van der Waals surface area contributed by atoms with E-state index < -0.39 is 6.29 Å². The number of carbonyl (C=O) groups excluding carboxylic acids is 1. The number of fused-ring (bicyclic) bond motifs is 2. The summed E-state index contributed by atoms with van der Waals surface area (Å²) in [6.45, 7) is 4.55. The maximum atomic E-state index is 13.6. The van der Waals surface area contributed by atoms with Crippen LogP contribution >= 0.6 is 11.3 Å². The molecular weight excluding hydrogens is 516 g/mol. The average Bonchev–Trinajstić information content (AvgIpc) is 3.62. The first kappa shape index (κ1) is 26.1. The normalized spacial score (nSPS) is 21.2. The maximum Gasteiger partial charge on any atom is 0.288 e. The van der Waals surface area contributed by atoms with Crippen LogP contribution in [0.5, 0.6) is 11.5 Å². The zero-order chi connectivity index (χ0) is 26.6. The first-order valence-corrected chi connectivity index (χ1v) is 14.5. The van der Waals surface area contributed by atoms with Crippen molar-refractivity contribution in [3.8, 4) is 11.5 Å². The Bertz CT molecular complexity index is 1330. The second kappa shape index (κ2) is 12.0. The number of hydrogen-bond acceptors (Lipinski definition) is 8. The third-order valence-electron chi connectivity index (χ3n) is 7.54. The summed E-state index contributed by atoms with van der Waals surface area (Å²) >= 11 is 1.72. The Kier molecular flexibility index (Phi) is 8.01. The molecule has 1 aromatic heterocycles. The molecule has 1 saturated heterocycles. The molecule has 3 aliphatic rings. The van der Waals surface area contributed by atoms with Gasteiger partial charge in [0.2, 0.25) is 13.1 Å². The Morgan fingerprint density at radius 1 is 1.05 bits per heavy atom. The van der Waals surface area contributed by atoms with Crippen LogP contribution in [-0.4, -0.2) is 73.3 Å². The van der Waals surface area contributed by atoms with Crippen LogP contribution in [0.2, 0.25) is 0 Å². The molecule has 3 aliphatic heterocycles. The molecule has 9 heteroatoms. The number of aliphatic hydroxyl groups excluding tert-OH is 1. The van der Waals surface area contributed by atoms with Crippen LogP contribution < -0.4 is 9.47 Å². The van der Waals surface area contributed by atoms with E-state index in [1.807, 2.05) is 23.1 Å². The lowest BCUT2D eigenvalue weighted by atomic mass is 9.92. The third kappa shape index (κ3) is 5.91. The molecule has 1 amide bonds. The van der Waals surface area contributed by atoms with Crippen molar-refractivity contribution in [2.24, 2.45) is 0 Å². The predicted molar refractivity (Wildman–Crippen MR) is 149 cm³/mol. The van der Waals surface area contributed by atoms with Crippen LogP contribution in [0.4, 0.5) is 0 Å². The molecule has 206 valence electrons. The molecule has 0 aliphatic carbocycles. The summed E-state index contributed by atoms with van der Waals surface area (Å²) in [6.07, 6.45) is 3.58. The molecule has 1 fully saturated rings. The number of carbonyl (C=O) groups is 1. The lowest BCUT2D eigenvalue weighted by molar-refractivity contribution is -0.154. The van der Waals surface area contributed by atoms with E-state index in [9.17, 15) is 4.79 Å². The highest BCUT2D eigenvalue weighted by molar-refractivity contribution is 7.17. The van der Waals surface area contributed by atoms with Gasteiger partial charge in [0.25, 0.3) is 5.91 Å². The van der Waals surface area contributed by atoms with Gasteiger partial charge in [0.15, 0.2) is 17.3 Å². The summed E-state index contributed by atoms with van der Waals surface area (Å²) in [6, 6.07) is 14.4. The molecule has 6 rings (SSSR count). The fourth-order valence-electron chi connectivity index (χ4n) is 5.40. The number of allylic oxidation sites excluding steroid dienone is 1.